The number of carbonyl (C=O) groups excluding carboxylic acids is 1. The van der Waals surface area contributed by atoms with Gasteiger partial charge in [-0.15, -0.1) is 0 Å². The quantitative estimate of drug-likeness (QED) is 0.209. The summed E-state index contributed by atoms with van der Waals surface area (Å²) in [5.41, 5.74) is 6.50. The molecular weight excluding hydrogens is 486 g/mol. The van der Waals surface area contributed by atoms with Crippen LogP contribution >= 0.6 is 0 Å². The Hall–Kier alpha value is -4.06. The van der Waals surface area contributed by atoms with Gasteiger partial charge in [0.1, 0.15) is 5.82 Å². The highest BCUT2D eigenvalue weighted by Gasteiger charge is 2.35. The molecule has 1 atom stereocenters. The lowest BCUT2D eigenvalue weighted by Gasteiger charge is -2.19. The number of nitrogens with zero attached hydrogens (tertiary/aromatic N) is 3. The van der Waals surface area contributed by atoms with Crippen molar-refractivity contribution in [2.75, 3.05) is 25.2 Å². The van der Waals surface area contributed by atoms with Crippen LogP contribution in [0.2, 0.25) is 0 Å². The van der Waals surface area contributed by atoms with Crippen LogP contribution in [0.25, 0.3) is 17.1 Å². The zero-order chi connectivity index (χ0) is 27.4. The third-order valence-electron chi connectivity index (χ3n) is 7.27. The Labute approximate surface area is 230 Å². The maximum absolute atomic E-state index is 13.1. The Bertz CT molecular complexity index is 1480. The molecule has 1 amide bonds. The monoisotopic (exact) mass is 523 g/mol. The first kappa shape index (κ1) is 26.5. The van der Waals surface area contributed by atoms with Crippen LogP contribution in [0.15, 0.2) is 66.7 Å². The molecule has 2 heterocycles. The van der Waals surface area contributed by atoms with Gasteiger partial charge in [-0.3, -0.25) is 4.79 Å². The van der Waals surface area contributed by atoms with E-state index in [1.807, 2.05) is 48.2 Å². The Kier molecular flexibility index (Phi) is 8.01. The first-order chi connectivity index (χ1) is 19.0. The fourth-order valence-corrected chi connectivity index (χ4v) is 5.53. The van der Waals surface area contributed by atoms with Crippen molar-refractivity contribution in [2.24, 2.45) is 0 Å². The lowest BCUT2D eigenvalue weighted by molar-refractivity contribution is -0.117. The molecule has 6 heteroatoms. The van der Waals surface area contributed by atoms with Gasteiger partial charge in [0.25, 0.3) is 0 Å². The molecule has 6 nitrogen and oxygen atoms in total. The molecule has 0 N–H and O–H groups in total. The van der Waals surface area contributed by atoms with Gasteiger partial charge in [0.2, 0.25) is 5.91 Å². The second-order valence-electron chi connectivity index (χ2n) is 10.3. The van der Waals surface area contributed by atoms with E-state index in [0.29, 0.717) is 19.6 Å². The van der Waals surface area contributed by atoms with E-state index in [-0.39, 0.29) is 11.8 Å². The molecular formula is C33H37N3O3. The lowest BCUT2D eigenvalue weighted by atomic mass is 10.1. The van der Waals surface area contributed by atoms with Crippen molar-refractivity contribution in [3.63, 3.8) is 0 Å². The van der Waals surface area contributed by atoms with Crippen molar-refractivity contribution in [1.29, 1.82) is 0 Å². The molecule has 4 aromatic rings. The lowest BCUT2D eigenvalue weighted by Crippen LogP contribution is -2.24. The van der Waals surface area contributed by atoms with Crippen LogP contribution in [-0.4, -0.2) is 35.7 Å². The number of unbranched alkanes of at least 4 members (excludes halogenated alkanes) is 1. The fraction of sp³-hybridized carbons (Fsp3) is 0.333. The molecule has 0 aliphatic carbocycles. The van der Waals surface area contributed by atoms with Gasteiger partial charge < -0.3 is 18.9 Å². The van der Waals surface area contributed by atoms with Crippen LogP contribution in [0.4, 0.5) is 5.69 Å². The van der Waals surface area contributed by atoms with E-state index >= 15 is 0 Å². The number of hydrogen-bond donors (Lipinski definition) is 0. The number of hydrogen-bond acceptors (Lipinski definition) is 4. The van der Waals surface area contributed by atoms with E-state index in [2.05, 4.69) is 54.8 Å². The van der Waals surface area contributed by atoms with Crippen molar-refractivity contribution >= 4 is 28.7 Å². The van der Waals surface area contributed by atoms with Gasteiger partial charge in [-0.25, -0.2) is 4.98 Å². The minimum atomic E-state index is 0.0573. The summed E-state index contributed by atoms with van der Waals surface area (Å²) in [6.07, 6.45) is 6.35. The van der Waals surface area contributed by atoms with Crippen LogP contribution in [0.1, 0.15) is 54.6 Å². The number of carbonyl (C=O) groups is 1. The van der Waals surface area contributed by atoms with Crippen LogP contribution in [0.3, 0.4) is 0 Å². The molecule has 1 fully saturated rings. The molecule has 0 saturated carbocycles. The van der Waals surface area contributed by atoms with Crippen molar-refractivity contribution in [1.82, 2.24) is 9.55 Å². The van der Waals surface area contributed by atoms with Gasteiger partial charge >= 0.3 is 0 Å². The van der Waals surface area contributed by atoms with Gasteiger partial charge in [0.15, 0.2) is 11.5 Å². The minimum absolute atomic E-state index is 0.0573. The largest absolute Gasteiger partial charge is 0.493 e. The number of benzene rings is 3. The molecule has 1 unspecified atom stereocenters. The molecule has 1 aliphatic heterocycles. The average Bonchev–Trinajstić information content (AvgIpc) is 3.49. The normalized spacial score (nSPS) is 15.5. The molecule has 1 aromatic heterocycles. The summed E-state index contributed by atoms with van der Waals surface area (Å²) < 4.78 is 13.9. The standard InChI is InChI=1S/C33H37N3O3/c1-5-10-25-13-14-30(31(20-25)38-4)39-16-9-8-15-35-29-12-7-6-11-28(29)34-33(35)26-21-32(37)36(22-26)27-18-23(2)17-24(3)19-27/h5-7,10-14,17-20,26H,8-9,15-16,21-22H2,1-4H3/b10-5+. The zero-order valence-electron chi connectivity index (χ0n) is 23.3. The fourth-order valence-electron chi connectivity index (χ4n) is 5.53. The van der Waals surface area contributed by atoms with Crippen molar-refractivity contribution in [3.05, 3.63) is 89.3 Å². The second kappa shape index (κ2) is 11.8. The predicted octanol–water partition coefficient (Wildman–Crippen LogP) is 7.07. The molecule has 0 bridgehead atoms. The third kappa shape index (κ3) is 5.85. The summed E-state index contributed by atoms with van der Waals surface area (Å²) in [4.78, 5) is 20.1. The van der Waals surface area contributed by atoms with E-state index in [1.54, 1.807) is 7.11 Å². The number of ether oxygens (including phenoxy) is 2. The number of para-hydroxylation sites is 2. The molecule has 202 valence electrons. The van der Waals surface area contributed by atoms with Crippen molar-refractivity contribution in [2.45, 2.75) is 52.5 Å². The Morgan fingerprint density at radius 1 is 1.00 bits per heavy atom. The third-order valence-corrected chi connectivity index (χ3v) is 7.27. The van der Waals surface area contributed by atoms with Crippen molar-refractivity contribution < 1.29 is 14.3 Å². The van der Waals surface area contributed by atoms with E-state index in [1.165, 1.54) is 11.1 Å². The second-order valence-corrected chi connectivity index (χ2v) is 10.3. The summed E-state index contributed by atoms with van der Waals surface area (Å²) in [7, 11) is 1.67. The zero-order valence-corrected chi connectivity index (χ0v) is 23.3. The number of allylic oxidation sites excluding steroid dienone is 1. The number of anilines is 1. The Morgan fingerprint density at radius 2 is 1.79 bits per heavy atom. The number of amides is 1. The smallest absolute Gasteiger partial charge is 0.227 e. The topological polar surface area (TPSA) is 56.6 Å². The molecule has 0 spiro atoms. The SMILES string of the molecule is C/C=C/c1ccc(OCCCCn2c(C3CC(=O)N(c4cc(C)cc(C)c4)C3)nc3ccccc32)c(OC)c1. The maximum Gasteiger partial charge on any atom is 0.227 e. The number of aromatic nitrogens is 2. The van der Waals surface area contributed by atoms with Crippen LogP contribution in [0, 0.1) is 13.8 Å². The van der Waals surface area contributed by atoms with Crippen LogP contribution < -0.4 is 14.4 Å². The number of aryl methyl sites for hydroxylation is 3. The van der Waals surface area contributed by atoms with Gasteiger partial charge in [0, 0.05) is 31.1 Å². The Morgan fingerprint density at radius 3 is 2.56 bits per heavy atom. The van der Waals surface area contributed by atoms with E-state index in [4.69, 9.17) is 14.5 Å². The summed E-state index contributed by atoms with van der Waals surface area (Å²) in [6.45, 7) is 8.22. The Balaban J connectivity index is 1.27. The number of fused-ring (bicyclic) bond motifs is 1. The van der Waals surface area contributed by atoms with E-state index in [0.717, 1.165) is 59.0 Å². The summed E-state index contributed by atoms with van der Waals surface area (Å²) in [5, 5.41) is 0. The highest BCUT2D eigenvalue weighted by atomic mass is 16.5. The van der Waals surface area contributed by atoms with Gasteiger partial charge in [-0.1, -0.05) is 36.4 Å². The van der Waals surface area contributed by atoms with Crippen molar-refractivity contribution in [3.8, 4) is 11.5 Å². The molecule has 39 heavy (non-hydrogen) atoms. The predicted molar refractivity (Wildman–Crippen MR) is 158 cm³/mol. The first-order valence-electron chi connectivity index (χ1n) is 13.7. The number of imidazole rings is 1. The first-order valence-corrected chi connectivity index (χ1v) is 13.7. The maximum atomic E-state index is 13.1. The summed E-state index contributed by atoms with van der Waals surface area (Å²) in [5.74, 6) is 2.72. The number of methoxy groups -OCH3 is 1. The molecule has 1 aliphatic rings. The van der Waals surface area contributed by atoms with Gasteiger partial charge in [0.05, 0.1) is 24.8 Å². The minimum Gasteiger partial charge on any atom is -0.493 e. The van der Waals surface area contributed by atoms with Crippen LogP contribution in [-0.2, 0) is 11.3 Å². The highest BCUT2D eigenvalue weighted by molar-refractivity contribution is 5.96. The highest BCUT2D eigenvalue weighted by Crippen LogP contribution is 2.34. The average molecular weight is 524 g/mol. The molecule has 0 radical (unpaired) electrons. The van der Waals surface area contributed by atoms with Gasteiger partial charge in [-0.05, 0) is 86.7 Å². The summed E-state index contributed by atoms with van der Waals surface area (Å²) in [6, 6.07) is 20.6. The van der Waals surface area contributed by atoms with E-state index < -0.39 is 0 Å². The molecule has 3 aromatic carbocycles. The van der Waals surface area contributed by atoms with E-state index in [9.17, 15) is 4.79 Å². The molecule has 5 rings (SSSR count). The number of rotatable bonds is 10. The molecule has 1 saturated heterocycles. The van der Waals surface area contributed by atoms with Gasteiger partial charge in [-0.2, -0.15) is 0 Å². The van der Waals surface area contributed by atoms with Crippen LogP contribution in [0.5, 0.6) is 11.5 Å². The summed E-state index contributed by atoms with van der Waals surface area (Å²) >= 11 is 0.